The van der Waals surface area contributed by atoms with Crippen molar-refractivity contribution in [3.63, 3.8) is 0 Å². The predicted octanol–water partition coefficient (Wildman–Crippen LogP) is 3.56. The van der Waals surface area contributed by atoms with Gasteiger partial charge in [-0.1, -0.05) is 41.4 Å². The second kappa shape index (κ2) is 6.23. The van der Waals surface area contributed by atoms with Crippen LogP contribution in [-0.2, 0) is 16.6 Å². The largest absolute Gasteiger partial charge is 0.326 e. The summed E-state index contributed by atoms with van der Waals surface area (Å²) in [6, 6.07) is 9.62. The molecule has 0 radical (unpaired) electrons. The molecule has 21 heavy (non-hydrogen) atoms. The summed E-state index contributed by atoms with van der Waals surface area (Å²) in [7, 11) is -3.78. The van der Waals surface area contributed by atoms with Gasteiger partial charge in [0.2, 0.25) is 0 Å². The maximum absolute atomic E-state index is 12.5. The molecule has 3 N–H and O–H groups in total. The molecule has 0 bridgehead atoms. The Balaban J connectivity index is 2.45. The van der Waals surface area contributed by atoms with Crippen molar-refractivity contribution in [2.45, 2.75) is 18.4 Å². The minimum atomic E-state index is -3.78. The summed E-state index contributed by atoms with van der Waals surface area (Å²) >= 11 is 12.1. The fourth-order valence-corrected chi connectivity index (χ4v) is 3.67. The van der Waals surface area contributed by atoms with Gasteiger partial charge in [0.05, 0.1) is 15.6 Å². The third kappa shape index (κ3) is 3.49. The van der Waals surface area contributed by atoms with E-state index in [2.05, 4.69) is 4.72 Å². The third-order valence-electron chi connectivity index (χ3n) is 2.97. The number of benzene rings is 2. The summed E-state index contributed by atoms with van der Waals surface area (Å²) < 4.78 is 27.4. The number of aryl methyl sites for hydroxylation is 1. The lowest BCUT2D eigenvalue weighted by Gasteiger charge is -2.13. The van der Waals surface area contributed by atoms with Crippen LogP contribution in [0.3, 0.4) is 0 Å². The lowest BCUT2D eigenvalue weighted by atomic mass is 10.2. The van der Waals surface area contributed by atoms with Gasteiger partial charge < -0.3 is 5.73 Å². The maximum atomic E-state index is 12.5. The van der Waals surface area contributed by atoms with Gasteiger partial charge >= 0.3 is 0 Å². The Morgan fingerprint density at radius 1 is 1.14 bits per heavy atom. The molecule has 0 atom stereocenters. The Hall–Kier alpha value is -1.27. The highest BCUT2D eigenvalue weighted by Gasteiger charge is 2.19. The molecule has 0 amide bonds. The summed E-state index contributed by atoms with van der Waals surface area (Å²) in [5.74, 6) is 0. The number of nitrogens with one attached hydrogen (secondary N) is 1. The van der Waals surface area contributed by atoms with E-state index in [9.17, 15) is 8.42 Å². The Labute approximate surface area is 133 Å². The van der Waals surface area contributed by atoms with Crippen molar-refractivity contribution >= 4 is 38.9 Å². The summed E-state index contributed by atoms with van der Waals surface area (Å²) in [5, 5.41) is 0.718. The SMILES string of the molecule is Cc1cc(Cl)c(NS(=O)(=O)c2ccccc2CN)cc1Cl. The van der Waals surface area contributed by atoms with Gasteiger partial charge in [-0.15, -0.1) is 0 Å². The zero-order valence-electron chi connectivity index (χ0n) is 11.2. The topological polar surface area (TPSA) is 72.2 Å². The van der Waals surface area contributed by atoms with E-state index in [0.29, 0.717) is 10.6 Å². The van der Waals surface area contributed by atoms with E-state index in [1.54, 1.807) is 31.2 Å². The number of sulfonamides is 1. The predicted molar refractivity (Wildman–Crippen MR) is 86.3 cm³/mol. The van der Waals surface area contributed by atoms with E-state index in [0.717, 1.165) is 5.56 Å². The molecular weight excluding hydrogens is 331 g/mol. The van der Waals surface area contributed by atoms with E-state index < -0.39 is 10.0 Å². The van der Waals surface area contributed by atoms with Crippen molar-refractivity contribution in [2.75, 3.05) is 4.72 Å². The van der Waals surface area contributed by atoms with Crippen LogP contribution in [0.15, 0.2) is 41.3 Å². The Morgan fingerprint density at radius 3 is 2.48 bits per heavy atom. The van der Waals surface area contributed by atoms with Crippen molar-refractivity contribution in [3.05, 3.63) is 57.6 Å². The van der Waals surface area contributed by atoms with Crippen molar-refractivity contribution in [1.82, 2.24) is 0 Å². The smallest absolute Gasteiger partial charge is 0.262 e. The van der Waals surface area contributed by atoms with Gasteiger partial charge in [0.1, 0.15) is 0 Å². The fraction of sp³-hybridized carbons (Fsp3) is 0.143. The minimum Gasteiger partial charge on any atom is -0.326 e. The average molecular weight is 345 g/mol. The van der Waals surface area contributed by atoms with E-state index in [1.165, 1.54) is 12.1 Å². The molecule has 0 fully saturated rings. The molecule has 4 nitrogen and oxygen atoms in total. The van der Waals surface area contributed by atoms with Gasteiger partial charge in [0.15, 0.2) is 0 Å². The molecule has 2 aromatic rings. The summed E-state index contributed by atoms with van der Waals surface area (Å²) in [6.45, 7) is 1.91. The zero-order valence-corrected chi connectivity index (χ0v) is 13.6. The fourth-order valence-electron chi connectivity index (χ4n) is 1.86. The first-order valence-electron chi connectivity index (χ1n) is 6.11. The van der Waals surface area contributed by atoms with Crippen LogP contribution in [0.5, 0.6) is 0 Å². The highest BCUT2D eigenvalue weighted by molar-refractivity contribution is 7.92. The monoisotopic (exact) mass is 344 g/mol. The highest BCUT2D eigenvalue weighted by atomic mass is 35.5. The molecule has 0 aliphatic heterocycles. The molecule has 112 valence electrons. The molecule has 7 heteroatoms. The van der Waals surface area contributed by atoms with E-state index in [-0.39, 0.29) is 22.2 Å². The van der Waals surface area contributed by atoms with Gasteiger partial charge in [-0.3, -0.25) is 4.72 Å². The number of anilines is 1. The molecule has 0 saturated heterocycles. The first-order valence-corrected chi connectivity index (χ1v) is 8.35. The first kappa shape index (κ1) is 16.1. The van der Waals surface area contributed by atoms with Gasteiger partial charge in [-0.2, -0.15) is 0 Å². The van der Waals surface area contributed by atoms with Crippen LogP contribution in [-0.4, -0.2) is 8.42 Å². The molecule has 0 aliphatic rings. The second-order valence-electron chi connectivity index (χ2n) is 4.50. The van der Waals surface area contributed by atoms with Crippen LogP contribution < -0.4 is 10.5 Å². The van der Waals surface area contributed by atoms with Crippen molar-refractivity contribution in [3.8, 4) is 0 Å². The normalized spacial score (nSPS) is 11.4. The molecule has 0 aliphatic carbocycles. The lowest BCUT2D eigenvalue weighted by molar-refractivity contribution is 0.600. The van der Waals surface area contributed by atoms with Gasteiger partial charge in [0, 0.05) is 11.6 Å². The van der Waals surface area contributed by atoms with E-state index in [1.807, 2.05) is 0 Å². The third-order valence-corrected chi connectivity index (χ3v) is 5.16. The maximum Gasteiger partial charge on any atom is 0.262 e. The number of rotatable bonds is 4. The number of hydrogen-bond donors (Lipinski definition) is 2. The average Bonchev–Trinajstić information content (AvgIpc) is 2.44. The Bertz CT molecular complexity index is 777. The Morgan fingerprint density at radius 2 is 1.81 bits per heavy atom. The highest BCUT2D eigenvalue weighted by Crippen LogP contribution is 2.30. The van der Waals surface area contributed by atoms with Crippen LogP contribution in [0.25, 0.3) is 0 Å². The number of nitrogens with two attached hydrogens (primary N) is 1. The van der Waals surface area contributed by atoms with Crippen LogP contribution in [0.2, 0.25) is 10.0 Å². The van der Waals surface area contributed by atoms with E-state index in [4.69, 9.17) is 28.9 Å². The molecule has 0 saturated carbocycles. The Kier molecular flexibility index (Phi) is 4.78. The van der Waals surface area contributed by atoms with Crippen molar-refractivity contribution < 1.29 is 8.42 Å². The first-order chi connectivity index (χ1) is 9.85. The number of hydrogen-bond acceptors (Lipinski definition) is 3. The van der Waals surface area contributed by atoms with Crippen LogP contribution >= 0.6 is 23.2 Å². The zero-order chi connectivity index (χ0) is 15.6. The standard InChI is InChI=1S/C14H14Cl2N2O2S/c1-9-6-12(16)13(7-11(9)15)18-21(19,20)14-5-3-2-4-10(14)8-17/h2-7,18H,8,17H2,1H3. The van der Waals surface area contributed by atoms with Gasteiger partial charge in [-0.25, -0.2) is 8.42 Å². The van der Waals surface area contributed by atoms with Crippen molar-refractivity contribution in [1.29, 1.82) is 0 Å². The quantitative estimate of drug-likeness (QED) is 0.890. The minimum absolute atomic E-state index is 0.124. The molecule has 2 rings (SSSR count). The molecule has 0 heterocycles. The summed E-state index contributed by atoms with van der Waals surface area (Å²) in [4.78, 5) is 0.125. The molecule has 0 unspecified atom stereocenters. The molecule has 2 aromatic carbocycles. The van der Waals surface area contributed by atoms with E-state index >= 15 is 0 Å². The van der Waals surface area contributed by atoms with Crippen LogP contribution in [0.1, 0.15) is 11.1 Å². The van der Waals surface area contributed by atoms with Gasteiger partial charge in [-0.05, 0) is 36.2 Å². The lowest BCUT2D eigenvalue weighted by Crippen LogP contribution is -2.16. The molecule has 0 spiro atoms. The van der Waals surface area contributed by atoms with Crippen LogP contribution in [0.4, 0.5) is 5.69 Å². The molecular formula is C14H14Cl2N2O2S. The number of halogens is 2. The van der Waals surface area contributed by atoms with Crippen LogP contribution in [0, 0.1) is 6.92 Å². The molecule has 0 aromatic heterocycles. The van der Waals surface area contributed by atoms with Gasteiger partial charge in [0.25, 0.3) is 10.0 Å². The van der Waals surface area contributed by atoms with Crippen molar-refractivity contribution in [2.24, 2.45) is 5.73 Å². The summed E-state index contributed by atoms with van der Waals surface area (Å²) in [6.07, 6.45) is 0. The summed E-state index contributed by atoms with van der Waals surface area (Å²) in [5.41, 5.74) is 7.11. The second-order valence-corrected chi connectivity index (χ2v) is 6.96.